The fraction of sp³-hybridized carbons (Fsp3) is 0.462. The molecule has 2 N–H and O–H groups in total. The third kappa shape index (κ3) is 4.87. The van der Waals surface area contributed by atoms with Crippen molar-refractivity contribution in [2.75, 3.05) is 7.11 Å². The first kappa shape index (κ1) is 17.7. The van der Waals surface area contributed by atoms with E-state index < -0.39 is 22.0 Å². The van der Waals surface area contributed by atoms with Crippen LogP contribution >= 0.6 is 11.6 Å². The van der Waals surface area contributed by atoms with Crippen LogP contribution in [0.3, 0.4) is 0 Å². The normalized spacial score (nSPS) is 12.9. The molecule has 0 bridgehead atoms. The number of hydrogen-bond acceptors (Lipinski definition) is 4. The topological polar surface area (TPSA) is 92.7 Å². The maximum atomic E-state index is 12.2. The van der Waals surface area contributed by atoms with E-state index in [0.29, 0.717) is 6.42 Å². The summed E-state index contributed by atoms with van der Waals surface area (Å²) in [5.41, 5.74) is 0. The smallest absolute Gasteiger partial charge is 0.321 e. The number of methoxy groups -OCH3 is 1. The first-order valence-corrected chi connectivity index (χ1v) is 8.26. The van der Waals surface area contributed by atoms with Gasteiger partial charge in [0.2, 0.25) is 10.0 Å². The number of aliphatic carboxylic acids is 1. The van der Waals surface area contributed by atoms with Crippen LogP contribution in [0, 0.1) is 0 Å². The zero-order chi connectivity index (χ0) is 16.0. The summed E-state index contributed by atoms with van der Waals surface area (Å²) in [4.78, 5) is 11.0. The summed E-state index contributed by atoms with van der Waals surface area (Å²) in [5, 5.41) is 9.36. The molecule has 1 aromatic rings. The van der Waals surface area contributed by atoms with Crippen LogP contribution in [0.15, 0.2) is 23.1 Å². The lowest BCUT2D eigenvalue weighted by Gasteiger charge is -2.15. The van der Waals surface area contributed by atoms with Crippen LogP contribution in [-0.4, -0.2) is 32.6 Å². The largest absolute Gasteiger partial charge is 0.495 e. The van der Waals surface area contributed by atoms with Gasteiger partial charge in [0.25, 0.3) is 0 Å². The van der Waals surface area contributed by atoms with Gasteiger partial charge in [0.05, 0.1) is 17.0 Å². The van der Waals surface area contributed by atoms with Crippen LogP contribution in [0.25, 0.3) is 0 Å². The van der Waals surface area contributed by atoms with Gasteiger partial charge in [-0.05, 0) is 18.6 Å². The molecule has 0 aliphatic heterocycles. The Morgan fingerprint density at radius 1 is 1.48 bits per heavy atom. The standard InChI is InChI=1S/C13H18ClNO5S/c1-3-4-5-11(13(16)17)15-21(18,19)9-6-7-10(14)12(8-9)20-2/h6-8,11,15H,3-5H2,1-2H3,(H,16,17). The number of unbranched alkanes of at least 4 members (excludes halogenated alkanes) is 1. The maximum absolute atomic E-state index is 12.2. The summed E-state index contributed by atoms with van der Waals surface area (Å²) < 4.78 is 31.6. The minimum Gasteiger partial charge on any atom is -0.495 e. The molecule has 118 valence electrons. The van der Waals surface area contributed by atoms with Gasteiger partial charge in [0, 0.05) is 6.07 Å². The van der Waals surface area contributed by atoms with Crippen molar-refractivity contribution in [1.29, 1.82) is 0 Å². The van der Waals surface area contributed by atoms with Crippen molar-refractivity contribution in [3.8, 4) is 5.75 Å². The zero-order valence-electron chi connectivity index (χ0n) is 11.8. The van der Waals surface area contributed by atoms with Crippen LogP contribution in [0.4, 0.5) is 0 Å². The van der Waals surface area contributed by atoms with E-state index in [1.165, 1.54) is 25.3 Å². The van der Waals surface area contributed by atoms with Gasteiger partial charge in [-0.2, -0.15) is 4.72 Å². The number of nitrogens with one attached hydrogen (secondary N) is 1. The lowest BCUT2D eigenvalue weighted by Crippen LogP contribution is -2.40. The van der Waals surface area contributed by atoms with Crippen molar-refractivity contribution in [2.45, 2.75) is 37.1 Å². The van der Waals surface area contributed by atoms with Gasteiger partial charge < -0.3 is 9.84 Å². The minimum atomic E-state index is -3.95. The highest BCUT2D eigenvalue weighted by Crippen LogP contribution is 2.27. The van der Waals surface area contributed by atoms with Crippen LogP contribution in [0.2, 0.25) is 5.02 Å². The molecule has 1 atom stereocenters. The molecule has 8 heteroatoms. The van der Waals surface area contributed by atoms with E-state index in [4.69, 9.17) is 21.4 Å². The Morgan fingerprint density at radius 2 is 2.14 bits per heavy atom. The molecule has 0 radical (unpaired) electrons. The number of carboxylic acids is 1. The molecule has 0 spiro atoms. The third-order valence-corrected chi connectivity index (χ3v) is 4.66. The fourth-order valence-corrected chi connectivity index (χ4v) is 3.14. The first-order chi connectivity index (χ1) is 9.81. The summed E-state index contributed by atoms with van der Waals surface area (Å²) in [6, 6.07) is 2.78. The van der Waals surface area contributed by atoms with E-state index in [9.17, 15) is 13.2 Å². The molecular weight excluding hydrogens is 318 g/mol. The molecule has 0 heterocycles. The average Bonchev–Trinajstić information content (AvgIpc) is 2.43. The van der Waals surface area contributed by atoms with Gasteiger partial charge in [-0.1, -0.05) is 31.4 Å². The lowest BCUT2D eigenvalue weighted by molar-refractivity contribution is -0.139. The molecule has 1 aromatic carbocycles. The average molecular weight is 336 g/mol. The minimum absolute atomic E-state index is 0.0912. The number of rotatable bonds is 8. The molecule has 0 aromatic heterocycles. The Kier molecular flexibility index (Phi) is 6.44. The van der Waals surface area contributed by atoms with E-state index in [1.54, 1.807) is 0 Å². The maximum Gasteiger partial charge on any atom is 0.321 e. The second kappa shape index (κ2) is 7.63. The van der Waals surface area contributed by atoms with Crippen LogP contribution in [0.1, 0.15) is 26.2 Å². The number of ether oxygens (including phenoxy) is 1. The summed E-state index contributed by atoms with van der Waals surface area (Å²) in [6.45, 7) is 1.90. The zero-order valence-corrected chi connectivity index (χ0v) is 13.4. The van der Waals surface area contributed by atoms with Crippen molar-refractivity contribution in [3.63, 3.8) is 0 Å². The van der Waals surface area contributed by atoms with Crippen molar-refractivity contribution in [2.24, 2.45) is 0 Å². The Labute approximate surface area is 129 Å². The molecule has 0 fully saturated rings. The predicted molar refractivity (Wildman–Crippen MR) is 79.3 cm³/mol. The molecule has 0 saturated carbocycles. The SMILES string of the molecule is CCCCC(NS(=O)(=O)c1ccc(Cl)c(OC)c1)C(=O)O. The van der Waals surface area contributed by atoms with Gasteiger partial charge in [0.15, 0.2) is 0 Å². The van der Waals surface area contributed by atoms with Crippen molar-refractivity contribution in [3.05, 3.63) is 23.2 Å². The molecular formula is C13H18ClNO5S. The number of sulfonamides is 1. The van der Waals surface area contributed by atoms with Crippen LogP contribution in [-0.2, 0) is 14.8 Å². The van der Waals surface area contributed by atoms with Gasteiger partial charge >= 0.3 is 5.97 Å². The van der Waals surface area contributed by atoms with E-state index in [0.717, 1.165) is 6.42 Å². The van der Waals surface area contributed by atoms with Gasteiger partial charge in [0.1, 0.15) is 11.8 Å². The van der Waals surface area contributed by atoms with E-state index in [1.807, 2.05) is 6.92 Å². The summed E-state index contributed by atoms with van der Waals surface area (Å²) in [5.74, 6) is -0.993. The van der Waals surface area contributed by atoms with Gasteiger partial charge in [-0.25, -0.2) is 8.42 Å². The fourth-order valence-electron chi connectivity index (χ4n) is 1.70. The van der Waals surface area contributed by atoms with E-state index in [-0.39, 0.29) is 22.1 Å². The summed E-state index contributed by atoms with van der Waals surface area (Å²) in [7, 11) is -2.59. The number of carboxylic acid groups (broad SMARTS) is 1. The number of benzene rings is 1. The van der Waals surface area contributed by atoms with Crippen molar-refractivity contribution in [1.82, 2.24) is 4.72 Å². The van der Waals surface area contributed by atoms with E-state index in [2.05, 4.69) is 4.72 Å². The second-order valence-electron chi connectivity index (χ2n) is 4.45. The van der Waals surface area contributed by atoms with Crippen LogP contribution in [0.5, 0.6) is 5.75 Å². The quantitative estimate of drug-likeness (QED) is 0.760. The Balaban J connectivity index is 3.01. The Morgan fingerprint density at radius 3 is 2.67 bits per heavy atom. The second-order valence-corrected chi connectivity index (χ2v) is 6.57. The lowest BCUT2D eigenvalue weighted by atomic mass is 10.1. The third-order valence-electron chi connectivity index (χ3n) is 2.87. The van der Waals surface area contributed by atoms with Crippen molar-refractivity contribution >= 4 is 27.6 Å². The molecule has 21 heavy (non-hydrogen) atoms. The highest BCUT2D eigenvalue weighted by Gasteiger charge is 2.25. The molecule has 1 unspecified atom stereocenters. The highest BCUT2D eigenvalue weighted by molar-refractivity contribution is 7.89. The molecule has 0 saturated heterocycles. The number of halogens is 1. The molecule has 0 aliphatic rings. The first-order valence-electron chi connectivity index (χ1n) is 6.40. The summed E-state index contributed by atoms with van der Waals surface area (Å²) >= 11 is 5.84. The number of hydrogen-bond donors (Lipinski definition) is 2. The van der Waals surface area contributed by atoms with Crippen LogP contribution < -0.4 is 9.46 Å². The predicted octanol–water partition coefficient (Wildman–Crippen LogP) is 2.27. The molecule has 0 aliphatic carbocycles. The Bertz CT molecular complexity index is 603. The molecule has 6 nitrogen and oxygen atoms in total. The molecule has 0 amide bonds. The monoisotopic (exact) mass is 335 g/mol. The van der Waals surface area contributed by atoms with Gasteiger partial charge in [-0.15, -0.1) is 0 Å². The Hall–Kier alpha value is -1.31. The van der Waals surface area contributed by atoms with E-state index >= 15 is 0 Å². The number of carbonyl (C=O) groups is 1. The van der Waals surface area contributed by atoms with Crippen molar-refractivity contribution < 1.29 is 23.1 Å². The molecule has 1 rings (SSSR count). The highest BCUT2D eigenvalue weighted by atomic mass is 35.5. The van der Waals surface area contributed by atoms with Gasteiger partial charge in [-0.3, -0.25) is 4.79 Å². The summed E-state index contributed by atoms with van der Waals surface area (Å²) in [6.07, 6.45) is 1.62.